The smallest absolute Gasteiger partial charge is 0.202 e. The van der Waals surface area contributed by atoms with Gasteiger partial charge in [0.2, 0.25) is 5.95 Å². The highest BCUT2D eigenvalue weighted by Gasteiger charge is 2.11. The van der Waals surface area contributed by atoms with Crippen molar-refractivity contribution in [3.05, 3.63) is 54.2 Å². The number of aromatic nitrogens is 3. The summed E-state index contributed by atoms with van der Waals surface area (Å²) in [6.45, 7) is 3.06. The molecule has 2 aromatic heterocycles. The fourth-order valence-electron chi connectivity index (χ4n) is 2.47. The highest BCUT2D eigenvalue weighted by atomic mass is 15.2. The first-order chi connectivity index (χ1) is 9.75. The number of benzene rings is 1. The van der Waals surface area contributed by atoms with Crippen LogP contribution in [0.15, 0.2) is 48.7 Å². The third-order valence-corrected chi connectivity index (χ3v) is 3.69. The van der Waals surface area contributed by atoms with Gasteiger partial charge in [-0.05, 0) is 30.0 Å². The molecular weight excluding hydrogens is 248 g/mol. The number of fused-ring (bicyclic) bond motifs is 1. The molecule has 3 rings (SSSR count). The SMILES string of the molecule is CC(CCn1c(N)nc2cccnc21)c1ccccc1. The van der Waals surface area contributed by atoms with Crippen LogP contribution in [0.25, 0.3) is 11.2 Å². The Bertz CT molecular complexity index is 703. The van der Waals surface area contributed by atoms with Crippen LogP contribution < -0.4 is 5.73 Å². The van der Waals surface area contributed by atoms with Gasteiger partial charge < -0.3 is 5.73 Å². The Labute approximate surface area is 118 Å². The van der Waals surface area contributed by atoms with E-state index in [1.54, 1.807) is 6.20 Å². The van der Waals surface area contributed by atoms with E-state index in [9.17, 15) is 0 Å². The largest absolute Gasteiger partial charge is 0.369 e. The molecule has 4 heteroatoms. The molecule has 3 aromatic rings. The van der Waals surface area contributed by atoms with Gasteiger partial charge in [-0.25, -0.2) is 9.97 Å². The standard InChI is InChI=1S/C16H18N4/c1-12(13-6-3-2-4-7-13)9-11-20-15-14(19-16(20)17)8-5-10-18-15/h2-8,10,12H,9,11H2,1H3,(H2,17,19). The maximum Gasteiger partial charge on any atom is 0.202 e. The molecular formula is C16H18N4. The first-order valence-corrected chi connectivity index (χ1v) is 6.87. The monoisotopic (exact) mass is 266 g/mol. The molecule has 0 saturated heterocycles. The fourth-order valence-corrected chi connectivity index (χ4v) is 2.47. The third-order valence-electron chi connectivity index (χ3n) is 3.69. The summed E-state index contributed by atoms with van der Waals surface area (Å²) in [5.41, 5.74) is 9.07. The van der Waals surface area contributed by atoms with Crippen molar-refractivity contribution in [2.75, 3.05) is 5.73 Å². The van der Waals surface area contributed by atoms with Crippen LogP contribution in [0.5, 0.6) is 0 Å². The summed E-state index contributed by atoms with van der Waals surface area (Å²) in [5, 5.41) is 0. The summed E-state index contributed by atoms with van der Waals surface area (Å²) in [7, 11) is 0. The lowest BCUT2D eigenvalue weighted by molar-refractivity contribution is 0.588. The minimum atomic E-state index is 0.483. The number of imidazole rings is 1. The zero-order valence-corrected chi connectivity index (χ0v) is 11.5. The normalized spacial score (nSPS) is 12.7. The van der Waals surface area contributed by atoms with Crippen molar-refractivity contribution in [2.45, 2.75) is 25.8 Å². The van der Waals surface area contributed by atoms with E-state index in [0.717, 1.165) is 24.1 Å². The molecule has 1 atom stereocenters. The Balaban J connectivity index is 1.79. The molecule has 0 aliphatic rings. The van der Waals surface area contributed by atoms with Gasteiger partial charge in [0, 0.05) is 12.7 Å². The fraction of sp³-hybridized carbons (Fsp3) is 0.250. The molecule has 0 aliphatic heterocycles. The summed E-state index contributed by atoms with van der Waals surface area (Å²) >= 11 is 0. The van der Waals surface area contributed by atoms with Gasteiger partial charge in [0.1, 0.15) is 5.52 Å². The average Bonchev–Trinajstić information content (AvgIpc) is 2.81. The summed E-state index contributed by atoms with van der Waals surface area (Å²) in [5.74, 6) is 1.02. The van der Waals surface area contributed by atoms with Crippen molar-refractivity contribution < 1.29 is 0 Å². The average molecular weight is 266 g/mol. The summed E-state index contributed by atoms with van der Waals surface area (Å²) in [4.78, 5) is 8.72. The van der Waals surface area contributed by atoms with Gasteiger partial charge >= 0.3 is 0 Å². The van der Waals surface area contributed by atoms with Gasteiger partial charge in [-0.2, -0.15) is 0 Å². The zero-order valence-electron chi connectivity index (χ0n) is 11.5. The molecule has 0 bridgehead atoms. The first kappa shape index (κ1) is 12.7. The highest BCUT2D eigenvalue weighted by molar-refractivity contribution is 5.73. The van der Waals surface area contributed by atoms with E-state index < -0.39 is 0 Å². The summed E-state index contributed by atoms with van der Waals surface area (Å²) < 4.78 is 1.99. The van der Waals surface area contributed by atoms with E-state index in [1.165, 1.54) is 5.56 Å². The number of anilines is 1. The summed E-state index contributed by atoms with van der Waals surface area (Å²) in [6.07, 6.45) is 2.79. The molecule has 0 fully saturated rings. The Hall–Kier alpha value is -2.36. The second-order valence-corrected chi connectivity index (χ2v) is 5.07. The van der Waals surface area contributed by atoms with Crippen molar-refractivity contribution in [1.29, 1.82) is 0 Å². The van der Waals surface area contributed by atoms with Crippen LogP contribution in [0.4, 0.5) is 5.95 Å². The predicted molar refractivity (Wildman–Crippen MR) is 81.4 cm³/mol. The molecule has 2 N–H and O–H groups in total. The second kappa shape index (κ2) is 5.33. The number of rotatable bonds is 4. The van der Waals surface area contributed by atoms with Gasteiger partial charge in [0.05, 0.1) is 0 Å². The number of pyridine rings is 1. The number of nitrogens with zero attached hydrogens (tertiary/aromatic N) is 3. The van der Waals surface area contributed by atoms with Crippen LogP contribution in [0.3, 0.4) is 0 Å². The van der Waals surface area contributed by atoms with E-state index in [4.69, 9.17) is 5.73 Å². The molecule has 0 aliphatic carbocycles. The predicted octanol–water partition coefficient (Wildman–Crippen LogP) is 3.21. The topological polar surface area (TPSA) is 56.7 Å². The van der Waals surface area contributed by atoms with Crippen molar-refractivity contribution in [3.8, 4) is 0 Å². The van der Waals surface area contributed by atoms with Crippen LogP contribution in [0, 0.1) is 0 Å². The van der Waals surface area contributed by atoms with Crippen LogP contribution >= 0.6 is 0 Å². The van der Waals surface area contributed by atoms with Crippen molar-refractivity contribution in [1.82, 2.24) is 14.5 Å². The van der Waals surface area contributed by atoms with Crippen molar-refractivity contribution >= 4 is 17.1 Å². The lowest BCUT2D eigenvalue weighted by atomic mass is 9.98. The maximum atomic E-state index is 5.99. The van der Waals surface area contributed by atoms with E-state index in [0.29, 0.717) is 11.9 Å². The Kier molecular flexibility index (Phi) is 3.37. The number of hydrogen-bond donors (Lipinski definition) is 1. The summed E-state index contributed by atoms with van der Waals surface area (Å²) in [6, 6.07) is 14.3. The molecule has 20 heavy (non-hydrogen) atoms. The molecule has 0 radical (unpaired) electrons. The molecule has 0 amide bonds. The minimum absolute atomic E-state index is 0.483. The Morgan fingerprint density at radius 3 is 2.75 bits per heavy atom. The van der Waals surface area contributed by atoms with Crippen LogP contribution in [0.1, 0.15) is 24.8 Å². The van der Waals surface area contributed by atoms with Gasteiger partial charge in [0.25, 0.3) is 0 Å². The first-order valence-electron chi connectivity index (χ1n) is 6.87. The van der Waals surface area contributed by atoms with E-state index in [1.807, 2.05) is 22.8 Å². The lowest BCUT2D eigenvalue weighted by Crippen LogP contribution is -2.07. The number of aryl methyl sites for hydroxylation is 1. The van der Waals surface area contributed by atoms with Gasteiger partial charge in [0.15, 0.2) is 5.65 Å². The van der Waals surface area contributed by atoms with Gasteiger partial charge in [-0.1, -0.05) is 37.3 Å². The van der Waals surface area contributed by atoms with E-state index in [-0.39, 0.29) is 0 Å². The van der Waals surface area contributed by atoms with Crippen LogP contribution in [-0.4, -0.2) is 14.5 Å². The third kappa shape index (κ3) is 2.37. The van der Waals surface area contributed by atoms with Crippen LogP contribution in [0.2, 0.25) is 0 Å². The number of nitrogens with two attached hydrogens (primary N) is 1. The molecule has 1 unspecified atom stereocenters. The Morgan fingerprint density at radius 2 is 1.95 bits per heavy atom. The van der Waals surface area contributed by atoms with Crippen LogP contribution in [-0.2, 0) is 6.54 Å². The molecule has 102 valence electrons. The molecule has 0 spiro atoms. The van der Waals surface area contributed by atoms with Gasteiger partial charge in [-0.15, -0.1) is 0 Å². The van der Waals surface area contributed by atoms with Crippen molar-refractivity contribution in [3.63, 3.8) is 0 Å². The second-order valence-electron chi connectivity index (χ2n) is 5.07. The minimum Gasteiger partial charge on any atom is -0.369 e. The number of nitrogen functional groups attached to an aromatic ring is 1. The molecule has 4 nitrogen and oxygen atoms in total. The molecule has 2 heterocycles. The Morgan fingerprint density at radius 1 is 1.15 bits per heavy atom. The highest BCUT2D eigenvalue weighted by Crippen LogP contribution is 2.22. The lowest BCUT2D eigenvalue weighted by Gasteiger charge is -2.13. The molecule has 0 saturated carbocycles. The van der Waals surface area contributed by atoms with Crippen molar-refractivity contribution in [2.24, 2.45) is 0 Å². The molecule has 1 aromatic carbocycles. The van der Waals surface area contributed by atoms with E-state index in [2.05, 4.69) is 41.2 Å². The van der Waals surface area contributed by atoms with E-state index >= 15 is 0 Å². The van der Waals surface area contributed by atoms with Gasteiger partial charge in [-0.3, -0.25) is 4.57 Å². The maximum absolute atomic E-state index is 5.99. The zero-order chi connectivity index (χ0) is 13.9. The number of hydrogen-bond acceptors (Lipinski definition) is 3. The quantitative estimate of drug-likeness (QED) is 0.789.